The van der Waals surface area contributed by atoms with Crippen LogP contribution < -0.4 is 15.2 Å². The van der Waals surface area contributed by atoms with Gasteiger partial charge in [0.2, 0.25) is 0 Å². The smallest absolute Gasteiger partial charge is 0.127 e. The lowest BCUT2D eigenvalue weighted by molar-refractivity contribution is 0.384. The third kappa shape index (κ3) is 2.81. The van der Waals surface area contributed by atoms with Crippen molar-refractivity contribution < 1.29 is 9.47 Å². The predicted octanol–water partition coefficient (Wildman–Crippen LogP) is 3.69. The Morgan fingerprint density at radius 3 is 2.40 bits per heavy atom. The second kappa shape index (κ2) is 5.85. The maximum Gasteiger partial charge on any atom is 0.127 e. The highest BCUT2D eigenvalue weighted by Crippen LogP contribution is 2.36. The van der Waals surface area contributed by atoms with Crippen molar-refractivity contribution in [2.45, 2.75) is 12.5 Å². The van der Waals surface area contributed by atoms with Crippen molar-refractivity contribution in [1.82, 2.24) is 0 Å². The van der Waals surface area contributed by atoms with Crippen molar-refractivity contribution in [3.05, 3.63) is 58.1 Å². The van der Waals surface area contributed by atoms with Crippen molar-refractivity contribution >= 4 is 15.9 Å². The van der Waals surface area contributed by atoms with Gasteiger partial charge in [0.15, 0.2) is 0 Å². The van der Waals surface area contributed by atoms with Crippen molar-refractivity contribution in [3.63, 3.8) is 0 Å². The van der Waals surface area contributed by atoms with Crippen LogP contribution in [0.15, 0.2) is 46.9 Å². The summed E-state index contributed by atoms with van der Waals surface area (Å²) >= 11 is 3.48. The lowest BCUT2D eigenvalue weighted by Crippen LogP contribution is -2.34. The fourth-order valence-electron chi connectivity index (χ4n) is 2.19. The van der Waals surface area contributed by atoms with Gasteiger partial charge in [0.05, 0.1) is 19.8 Å². The van der Waals surface area contributed by atoms with Crippen molar-refractivity contribution in [2.75, 3.05) is 14.2 Å². The van der Waals surface area contributed by atoms with Crippen LogP contribution in [0.25, 0.3) is 0 Å². The van der Waals surface area contributed by atoms with E-state index in [1.165, 1.54) is 0 Å². The summed E-state index contributed by atoms with van der Waals surface area (Å²) < 4.78 is 11.7. The standard InChI is InChI=1S/C16H18BrNO2/c1-16(18,11-5-4-6-12(17)9-11)14-8-7-13(19-2)10-15(14)20-3/h4-10H,18H2,1-3H3. The Balaban J connectivity index is 2.53. The number of benzene rings is 2. The zero-order chi connectivity index (χ0) is 14.8. The minimum absolute atomic E-state index is 0.651. The fraction of sp³-hybridized carbons (Fsp3) is 0.250. The zero-order valence-electron chi connectivity index (χ0n) is 11.8. The molecule has 0 amide bonds. The van der Waals surface area contributed by atoms with E-state index in [9.17, 15) is 0 Å². The zero-order valence-corrected chi connectivity index (χ0v) is 13.4. The van der Waals surface area contributed by atoms with E-state index in [-0.39, 0.29) is 0 Å². The normalized spacial score (nSPS) is 13.7. The molecule has 1 atom stereocenters. The molecule has 0 saturated carbocycles. The van der Waals surface area contributed by atoms with E-state index >= 15 is 0 Å². The van der Waals surface area contributed by atoms with Gasteiger partial charge >= 0.3 is 0 Å². The molecule has 0 bridgehead atoms. The van der Waals surface area contributed by atoms with Crippen LogP contribution in [0.2, 0.25) is 0 Å². The van der Waals surface area contributed by atoms with Crippen LogP contribution in [0.3, 0.4) is 0 Å². The van der Waals surface area contributed by atoms with Gasteiger partial charge in [-0.15, -0.1) is 0 Å². The largest absolute Gasteiger partial charge is 0.497 e. The first-order valence-electron chi connectivity index (χ1n) is 6.26. The second-order valence-electron chi connectivity index (χ2n) is 4.78. The molecule has 3 nitrogen and oxygen atoms in total. The molecule has 1 unspecified atom stereocenters. The lowest BCUT2D eigenvalue weighted by atomic mass is 9.85. The van der Waals surface area contributed by atoms with Gasteiger partial charge in [-0.05, 0) is 36.8 Å². The molecule has 2 aromatic carbocycles. The maximum atomic E-state index is 6.55. The highest BCUT2D eigenvalue weighted by Gasteiger charge is 2.27. The topological polar surface area (TPSA) is 44.5 Å². The summed E-state index contributed by atoms with van der Waals surface area (Å²) in [7, 11) is 3.26. The number of halogens is 1. The van der Waals surface area contributed by atoms with Gasteiger partial charge in [-0.1, -0.05) is 28.1 Å². The molecule has 2 aromatic rings. The van der Waals surface area contributed by atoms with Gasteiger partial charge in [-0.25, -0.2) is 0 Å². The van der Waals surface area contributed by atoms with E-state index in [2.05, 4.69) is 15.9 Å². The van der Waals surface area contributed by atoms with Crippen LogP contribution in [0, 0.1) is 0 Å². The quantitative estimate of drug-likeness (QED) is 0.926. The van der Waals surface area contributed by atoms with Crippen LogP contribution in [0.5, 0.6) is 11.5 Å². The minimum Gasteiger partial charge on any atom is -0.497 e. The SMILES string of the molecule is COc1ccc(C(C)(N)c2cccc(Br)c2)c(OC)c1. The Kier molecular flexibility index (Phi) is 4.35. The number of nitrogens with two attached hydrogens (primary N) is 1. The number of hydrogen-bond acceptors (Lipinski definition) is 3. The lowest BCUT2D eigenvalue weighted by Gasteiger charge is -2.28. The molecular weight excluding hydrogens is 318 g/mol. The van der Waals surface area contributed by atoms with Crippen molar-refractivity contribution in [3.8, 4) is 11.5 Å². The first-order valence-corrected chi connectivity index (χ1v) is 7.05. The number of ether oxygens (including phenoxy) is 2. The van der Waals surface area contributed by atoms with Crippen LogP contribution >= 0.6 is 15.9 Å². The molecule has 0 aliphatic heterocycles. The van der Waals surface area contributed by atoms with Gasteiger partial charge in [-0.2, -0.15) is 0 Å². The summed E-state index contributed by atoms with van der Waals surface area (Å²) in [6.07, 6.45) is 0. The number of methoxy groups -OCH3 is 2. The Morgan fingerprint density at radius 2 is 1.80 bits per heavy atom. The number of hydrogen-bond donors (Lipinski definition) is 1. The predicted molar refractivity (Wildman–Crippen MR) is 84.3 cm³/mol. The maximum absolute atomic E-state index is 6.55. The monoisotopic (exact) mass is 335 g/mol. The van der Waals surface area contributed by atoms with Crippen LogP contribution in [0.1, 0.15) is 18.1 Å². The van der Waals surface area contributed by atoms with E-state index < -0.39 is 5.54 Å². The molecule has 0 aliphatic rings. The average Bonchev–Trinajstić information content (AvgIpc) is 2.46. The van der Waals surface area contributed by atoms with Crippen molar-refractivity contribution in [2.24, 2.45) is 5.73 Å². The molecule has 0 heterocycles. The first kappa shape index (κ1) is 14.9. The summed E-state index contributed by atoms with van der Waals surface area (Å²) in [6, 6.07) is 13.7. The van der Waals surface area contributed by atoms with Crippen LogP contribution in [-0.4, -0.2) is 14.2 Å². The van der Waals surface area contributed by atoms with E-state index in [1.54, 1.807) is 14.2 Å². The molecule has 0 aromatic heterocycles. The van der Waals surface area contributed by atoms with Gasteiger partial charge in [0, 0.05) is 16.1 Å². The summed E-state index contributed by atoms with van der Waals surface area (Å²) in [5.74, 6) is 1.46. The highest BCUT2D eigenvalue weighted by molar-refractivity contribution is 9.10. The third-order valence-corrected chi connectivity index (χ3v) is 3.89. The molecule has 106 valence electrons. The minimum atomic E-state index is -0.651. The van der Waals surface area contributed by atoms with E-state index in [0.717, 1.165) is 21.3 Å². The first-order chi connectivity index (χ1) is 9.48. The Hall–Kier alpha value is -1.52. The average molecular weight is 336 g/mol. The molecule has 0 saturated heterocycles. The molecule has 4 heteroatoms. The van der Waals surface area contributed by atoms with Gasteiger partial charge in [-0.3, -0.25) is 0 Å². The summed E-state index contributed by atoms with van der Waals surface area (Å²) in [4.78, 5) is 0. The molecule has 20 heavy (non-hydrogen) atoms. The summed E-state index contributed by atoms with van der Waals surface area (Å²) in [5.41, 5.74) is 7.83. The number of rotatable bonds is 4. The van der Waals surface area contributed by atoms with Crippen molar-refractivity contribution in [1.29, 1.82) is 0 Å². The molecular formula is C16H18BrNO2. The van der Waals surface area contributed by atoms with Gasteiger partial charge in [0.25, 0.3) is 0 Å². The molecule has 0 fully saturated rings. The molecule has 0 spiro atoms. The molecule has 2 N–H and O–H groups in total. The summed E-state index contributed by atoms with van der Waals surface area (Å²) in [5, 5.41) is 0. The molecule has 0 radical (unpaired) electrons. The van der Waals surface area contributed by atoms with Crippen LogP contribution in [-0.2, 0) is 5.54 Å². The Morgan fingerprint density at radius 1 is 1.05 bits per heavy atom. The van der Waals surface area contributed by atoms with E-state index in [0.29, 0.717) is 5.75 Å². The van der Waals surface area contributed by atoms with Gasteiger partial charge in [0.1, 0.15) is 11.5 Å². The molecule has 0 aliphatic carbocycles. The Labute approximate surface area is 127 Å². The second-order valence-corrected chi connectivity index (χ2v) is 5.69. The fourth-order valence-corrected chi connectivity index (χ4v) is 2.59. The van der Waals surface area contributed by atoms with E-state index in [4.69, 9.17) is 15.2 Å². The summed E-state index contributed by atoms with van der Waals surface area (Å²) in [6.45, 7) is 1.97. The van der Waals surface area contributed by atoms with E-state index in [1.807, 2.05) is 49.4 Å². The highest BCUT2D eigenvalue weighted by atomic mass is 79.9. The Bertz CT molecular complexity index is 611. The van der Waals surface area contributed by atoms with Gasteiger partial charge < -0.3 is 15.2 Å². The molecule has 2 rings (SSSR count). The third-order valence-electron chi connectivity index (χ3n) is 3.39. The van der Waals surface area contributed by atoms with Crippen LogP contribution in [0.4, 0.5) is 0 Å².